The molecule has 0 aromatic rings. The number of nitrogens with zero attached hydrogens (tertiary/aromatic N) is 2. The molecule has 0 radical (unpaired) electrons. The van der Waals surface area contributed by atoms with Crippen LogP contribution in [0.25, 0.3) is 0 Å². The molecular weight excluding hydrogens is 246 g/mol. The summed E-state index contributed by atoms with van der Waals surface area (Å²) in [4.78, 5) is 5.32. The molecule has 3 nitrogen and oxygen atoms in total. The average molecular weight is 284 g/mol. The van der Waals surface area contributed by atoms with E-state index in [1.807, 2.05) is 0 Å². The monoisotopic (exact) mass is 283 g/mol. The van der Waals surface area contributed by atoms with Crippen molar-refractivity contribution in [2.45, 2.75) is 60.0 Å². The van der Waals surface area contributed by atoms with Crippen molar-refractivity contribution in [2.24, 2.45) is 11.8 Å². The Morgan fingerprint density at radius 1 is 1.10 bits per heavy atom. The van der Waals surface area contributed by atoms with Crippen LogP contribution in [0.1, 0.15) is 48.0 Å². The van der Waals surface area contributed by atoms with Crippen molar-refractivity contribution in [1.82, 2.24) is 15.1 Å². The summed E-state index contributed by atoms with van der Waals surface area (Å²) in [5.74, 6) is 1.47. The fourth-order valence-corrected chi connectivity index (χ4v) is 3.31. The first-order valence-electron chi connectivity index (χ1n) is 8.68. The van der Waals surface area contributed by atoms with E-state index in [4.69, 9.17) is 0 Å². The molecule has 0 amide bonds. The van der Waals surface area contributed by atoms with Gasteiger partial charge in [0.2, 0.25) is 0 Å². The first-order chi connectivity index (χ1) is 9.49. The van der Waals surface area contributed by atoms with Crippen molar-refractivity contribution in [3.05, 3.63) is 0 Å². The van der Waals surface area contributed by atoms with Crippen LogP contribution in [0.3, 0.4) is 0 Å². The van der Waals surface area contributed by atoms with Crippen LogP contribution in [0.5, 0.6) is 0 Å². The normalized spacial score (nSPS) is 23.7. The summed E-state index contributed by atoms with van der Waals surface area (Å²) in [6, 6.07) is 1.47. The third-order valence-corrected chi connectivity index (χ3v) is 4.94. The van der Waals surface area contributed by atoms with Crippen molar-refractivity contribution in [3.8, 4) is 0 Å². The van der Waals surface area contributed by atoms with Crippen LogP contribution in [0.15, 0.2) is 0 Å². The number of likely N-dealkylation sites (tertiary alicyclic amines) is 1. The van der Waals surface area contributed by atoms with Gasteiger partial charge in [0, 0.05) is 25.2 Å². The van der Waals surface area contributed by atoms with Crippen LogP contribution in [-0.4, -0.2) is 61.2 Å². The summed E-state index contributed by atoms with van der Waals surface area (Å²) in [5.41, 5.74) is 0. The van der Waals surface area contributed by atoms with Crippen LogP contribution >= 0.6 is 0 Å². The van der Waals surface area contributed by atoms with Gasteiger partial charge in [0.1, 0.15) is 0 Å². The van der Waals surface area contributed by atoms with Crippen molar-refractivity contribution < 1.29 is 0 Å². The summed E-state index contributed by atoms with van der Waals surface area (Å²) in [6.07, 6.45) is 1.35. The minimum absolute atomic E-state index is 0.690. The fourth-order valence-electron chi connectivity index (χ4n) is 3.31. The van der Waals surface area contributed by atoms with E-state index in [1.165, 1.54) is 32.6 Å². The van der Waals surface area contributed by atoms with Crippen LogP contribution in [0.2, 0.25) is 0 Å². The maximum absolute atomic E-state index is 3.61. The van der Waals surface area contributed by atoms with Gasteiger partial charge in [0.15, 0.2) is 0 Å². The van der Waals surface area contributed by atoms with Crippen LogP contribution < -0.4 is 5.32 Å². The summed E-state index contributed by atoms with van der Waals surface area (Å²) in [7, 11) is 0. The van der Waals surface area contributed by atoms with E-state index in [0.717, 1.165) is 31.0 Å². The number of likely N-dealkylation sites (N-methyl/N-ethyl adjacent to an activating group) is 1. The van der Waals surface area contributed by atoms with E-state index in [1.54, 1.807) is 0 Å². The van der Waals surface area contributed by atoms with E-state index in [9.17, 15) is 0 Å². The zero-order valence-electron chi connectivity index (χ0n) is 14.7. The second-order valence-electron chi connectivity index (χ2n) is 6.93. The standard InChI is InChI=1S/C17H37N3/c1-7-19(8-2)17-9-10-20(13-17)16(6)15(5)12-18-11-14(3)4/h14-18H,7-13H2,1-6H3. The fraction of sp³-hybridized carbons (Fsp3) is 1.00. The second-order valence-corrected chi connectivity index (χ2v) is 6.93. The van der Waals surface area contributed by atoms with E-state index >= 15 is 0 Å². The molecule has 1 saturated heterocycles. The molecule has 1 rings (SSSR count). The van der Waals surface area contributed by atoms with Crippen LogP contribution in [0, 0.1) is 11.8 Å². The molecule has 0 aromatic heterocycles. The molecule has 0 aromatic carbocycles. The highest BCUT2D eigenvalue weighted by atomic mass is 15.3. The van der Waals surface area contributed by atoms with Crippen molar-refractivity contribution in [3.63, 3.8) is 0 Å². The van der Waals surface area contributed by atoms with E-state index in [0.29, 0.717) is 6.04 Å². The molecule has 1 aliphatic heterocycles. The highest BCUT2D eigenvalue weighted by Gasteiger charge is 2.30. The molecule has 1 heterocycles. The lowest BCUT2D eigenvalue weighted by Crippen LogP contribution is -2.43. The van der Waals surface area contributed by atoms with Gasteiger partial charge < -0.3 is 5.32 Å². The molecule has 0 spiro atoms. The molecule has 1 fully saturated rings. The Morgan fingerprint density at radius 2 is 1.75 bits per heavy atom. The maximum atomic E-state index is 3.61. The number of nitrogens with one attached hydrogen (secondary N) is 1. The molecule has 3 unspecified atom stereocenters. The predicted molar refractivity (Wildman–Crippen MR) is 89.2 cm³/mol. The zero-order valence-corrected chi connectivity index (χ0v) is 14.7. The minimum atomic E-state index is 0.690. The lowest BCUT2D eigenvalue weighted by Gasteiger charge is -2.32. The SMILES string of the molecule is CCN(CC)C1CCN(C(C)C(C)CNCC(C)C)C1. The average Bonchev–Trinajstić information content (AvgIpc) is 2.88. The van der Waals surface area contributed by atoms with E-state index in [-0.39, 0.29) is 0 Å². The summed E-state index contributed by atoms with van der Waals surface area (Å²) >= 11 is 0. The van der Waals surface area contributed by atoms with E-state index < -0.39 is 0 Å². The number of hydrogen-bond donors (Lipinski definition) is 1. The Hall–Kier alpha value is -0.120. The Kier molecular flexibility index (Phi) is 8.08. The zero-order chi connectivity index (χ0) is 15.1. The van der Waals surface area contributed by atoms with Gasteiger partial charge in [-0.2, -0.15) is 0 Å². The van der Waals surface area contributed by atoms with Crippen LogP contribution in [0.4, 0.5) is 0 Å². The molecule has 3 atom stereocenters. The van der Waals surface area contributed by atoms with Crippen LogP contribution in [-0.2, 0) is 0 Å². The Bertz CT molecular complexity index is 251. The predicted octanol–water partition coefficient (Wildman–Crippen LogP) is 2.67. The molecule has 3 heteroatoms. The molecular formula is C17H37N3. The highest BCUT2D eigenvalue weighted by Crippen LogP contribution is 2.21. The smallest absolute Gasteiger partial charge is 0.0235 e. The molecule has 20 heavy (non-hydrogen) atoms. The highest BCUT2D eigenvalue weighted by molar-refractivity contribution is 4.87. The quantitative estimate of drug-likeness (QED) is 0.702. The van der Waals surface area contributed by atoms with Gasteiger partial charge in [0.05, 0.1) is 0 Å². The van der Waals surface area contributed by atoms with Gasteiger partial charge >= 0.3 is 0 Å². The molecule has 0 aliphatic carbocycles. The summed E-state index contributed by atoms with van der Waals surface area (Å²) < 4.78 is 0. The first kappa shape index (κ1) is 17.9. The maximum Gasteiger partial charge on any atom is 0.0235 e. The minimum Gasteiger partial charge on any atom is -0.316 e. The lowest BCUT2D eigenvalue weighted by molar-refractivity contribution is 0.164. The van der Waals surface area contributed by atoms with Crippen molar-refractivity contribution in [1.29, 1.82) is 0 Å². The summed E-state index contributed by atoms with van der Waals surface area (Å²) in [6.45, 7) is 21.1. The van der Waals surface area contributed by atoms with Gasteiger partial charge in [-0.15, -0.1) is 0 Å². The number of hydrogen-bond acceptors (Lipinski definition) is 3. The third-order valence-electron chi connectivity index (χ3n) is 4.94. The van der Waals surface area contributed by atoms with Gasteiger partial charge in [0.25, 0.3) is 0 Å². The Labute approximate surface area is 127 Å². The molecule has 0 saturated carbocycles. The molecule has 1 N–H and O–H groups in total. The second kappa shape index (κ2) is 9.01. The van der Waals surface area contributed by atoms with Crippen molar-refractivity contribution in [2.75, 3.05) is 39.3 Å². The van der Waals surface area contributed by atoms with Gasteiger partial charge in [-0.05, 0) is 51.4 Å². The van der Waals surface area contributed by atoms with Gasteiger partial charge in [-0.3, -0.25) is 9.80 Å². The van der Waals surface area contributed by atoms with E-state index in [2.05, 4.69) is 56.7 Å². The topological polar surface area (TPSA) is 18.5 Å². The lowest BCUT2D eigenvalue weighted by atomic mass is 10.0. The largest absolute Gasteiger partial charge is 0.316 e. The van der Waals surface area contributed by atoms with Crippen molar-refractivity contribution >= 4 is 0 Å². The first-order valence-corrected chi connectivity index (χ1v) is 8.68. The Morgan fingerprint density at radius 3 is 2.30 bits per heavy atom. The molecule has 0 bridgehead atoms. The van der Waals surface area contributed by atoms with Gasteiger partial charge in [-0.1, -0.05) is 34.6 Å². The molecule has 120 valence electrons. The van der Waals surface area contributed by atoms with Gasteiger partial charge in [-0.25, -0.2) is 0 Å². The Balaban J connectivity index is 2.35. The number of rotatable bonds is 9. The third kappa shape index (κ3) is 5.34. The molecule has 1 aliphatic rings. The summed E-state index contributed by atoms with van der Waals surface area (Å²) in [5, 5.41) is 3.61.